The second kappa shape index (κ2) is 6.95. The number of hydrogen-bond acceptors (Lipinski definition) is 2. The highest BCUT2D eigenvalue weighted by Gasteiger charge is 2.32. The summed E-state index contributed by atoms with van der Waals surface area (Å²) in [5.41, 5.74) is 0. The molecular formula is C15H31BO2. The fraction of sp³-hybridized carbons (Fsp3) is 1.00. The summed E-state index contributed by atoms with van der Waals surface area (Å²) in [6.07, 6.45) is 5.11. The maximum atomic E-state index is 9.07. The molecule has 0 bridgehead atoms. The zero-order chi connectivity index (χ0) is 13.8. The molecular weight excluding hydrogens is 223 g/mol. The van der Waals surface area contributed by atoms with Crippen LogP contribution in [0.1, 0.15) is 53.4 Å². The molecule has 0 aromatic heterocycles. The van der Waals surface area contributed by atoms with Crippen LogP contribution >= 0.6 is 0 Å². The molecule has 1 aliphatic carbocycles. The predicted octanol–water partition coefficient (Wildman–Crippen LogP) is 2.66. The second-order valence-electron chi connectivity index (χ2n) is 7.31. The Bertz CT molecular complexity index is 241. The summed E-state index contributed by atoms with van der Waals surface area (Å²) in [7, 11) is 2.18. The summed E-state index contributed by atoms with van der Waals surface area (Å²) in [4.78, 5) is 0. The Labute approximate surface area is 114 Å². The lowest BCUT2D eigenvalue weighted by molar-refractivity contribution is -0.0486. The van der Waals surface area contributed by atoms with Gasteiger partial charge in [0.2, 0.25) is 0 Å². The van der Waals surface area contributed by atoms with Crippen LogP contribution in [0.25, 0.3) is 0 Å². The summed E-state index contributed by atoms with van der Waals surface area (Å²) < 4.78 is 6.23. The molecule has 1 aliphatic rings. The summed E-state index contributed by atoms with van der Waals surface area (Å²) in [6, 6.07) is 0. The van der Waals surface area contributed by atoms with Gasteiger partial charge in [-0.15, -0.1) is 0 Å². The average Bonchev–Trinajstić information content (AvgIpc) is 2.26. The van der Waals surface area contributed by atoms with Gasteiger partial charge in [0.1, 0.15) is 7.85 Å². The lowest BCUT2D eigenvalue weighted by atomic mass is 9.69. The molecule has 0 heterocycles. The molecule has 0 saturated heterocycles. The van der Waals surface area contributed by atoms with Crippen LogP contribution in [0.3, 0.4) is 0 Å². The van der Waals surface area contributed by atoms with E-state index < -0.39 is 0 Å². The number of ether oxygens (including phenoxy) is 1. The number of aliphatic hydroxyl groups is 1. The summed E-state index contributed by atoms with van der Waals surface area (Å²) >= 11 is 0. The molecule has 2 nitrogen and oxygen atoms in total. The van der Waals surface area contributed by atoms with Gasteiger partial charge in [-0.3, -0.25) is 0 Å². The third-order valence-electron chi connectivity index (χ3n) is 4.44. The van der Waals surface area contributed by atoms with Crippen molar-refractivity contribution >= 4 is 7.85 Å². The van der Waals surface area contributed by atoms with Crippen LogP contribution in [0.2, 0.25) is 5.31 Å². The van der Waals surface area contributed by atoms with Crippen LogP contribution in [0.15, 0.2) is 0 Å². The molecule has 4 unspecified atom stereocenters. The third kappa shape index (κ3) is 4.93. The zero-order valence-electron chi connectivity index (χ0n) is 12.9. The molecule has 3 heteroatoms. The van der Waals surface area contributed by atoms with Crippen LogP contribution in [0, 0.1) is 17.8 Å². The Kier molecular flexibility index (Phi) is 6.20. The average molecular weight is 254 g/mol. The standard InChI is InChI=1S/C15H31BO2/c1-11(2)13-6-5-12(3)9-14(13)18-10-15(4,16)7-8-17/h11-14,17H,5-10,16H2,1-4H3. The molecule has 0 radical (unpaired) electrons. The molecule has 1 fully saturated rings. The maximum Gasteiger partial charge on any atom is 0.112 e. The number of aliphatic hydroxyl groups excluding tert-OH is 1. The maximum absolute atomic E-state index is 9.07. The van der Waals surface area contributed by atoms with Crippen molar-refractivity contribution in [1.82, 2.24) is 0 Å². The van der Waals surface area contributed by atoms with E-state index in [2.05, 4.69) is 35.5 Å². The second-order valence-corrected chi connectivity index (χ2v) is 7.31. The molecule has 106 valence electrons. The van der Waals surface area contributed by atoms with Crippen molar-refractivity contribution in [1.29, 1.82) is 0 Å². The molecule has 0 aromatic carbocycles. The van der Waals surface area contributed by atoms with Gasteiger partial charge in [-0.05, 0) is 42.3 Å². The lowest BCUT2D eigenvalue weighted by Gasteiger charge is -2.39. The minimum Gasteiger partial charge on any atom is -0.396 e. The van der Waals surface area contributed by atoms with Gasteiger partial charge < -0.3 is 9.84 Å². The van der Waals surface area contributed by atoms with Gasteiger partial charge in [-0.25, -0.2) is 0 Å². The third-order valence-corrected chi connectivity index (χ3v) is 4.44. The van der Waals surface area contributed by atoms with Crippen LogP contribution < -0.4 is 0 Å². The van der Waals surface area contributed by atoms with Crippen molar-refractivity contribution in [2.75, 3.05) is 13.2 Å². The van der Waals surface area contributed by atoms with E-state index in [1.807, 2.05) is 0 Å². The first-order chi connectivity index (χ1) is 8.35. The number of rotatable bonds is 6. The molecule has 1 rings (SSSR count). The van der Waals surface area contributed by atoms with Gasteiger partial charge in [0.05, 0.1) is 6.10 Å². The fourth-order valence-electron chi connectivity index (χ4n) is 3.01. The Morgan fingerprint density at radius 1 is 1.39 bits per heavy atom. The highest BCUT2D eigenvalue weighted by Crippen LogP contribution is 2.37. The molecule has 0 amide bonds. The Morgan fingerprint density at radius 2 is 2.06 bits per heavy atom. The SMILES string of the molecule is BC(C)(CCO)COC1CC(C)CCC1C(C)C. The van der Waals surface area contributed by atoms with Gasteiger partial charge in [0.15, 0.2) is 0 Å². The van der Waals surface area contributed by atoms with Gasteiger partial charge in [-0.1, -0.05) is 34.1 Å². The summed E-state index contributed by atoms with van der Waals surface area (Å²) in [5, 5.41) is 9.16. The molecule has 0 aromatic rings. The molecule has 1 saturated carbocycles. The number of hydrogen-bond donors (Lipinski definition) is 1. The minimum atomic E-state index is 0.0942. The summed E-state index contributed by atoms with van der Waals surface area (Å²) in [5.74, 6) is 2.22. The van der Waals surface area contributed by atoms with Crippen molar-refractivity contribution < 1.29 is 9.84 Å². The van der Waals surface area contributed by atoms with E-state index in [9.17, 15) is 0 Å². The molecule has 0 aliphatic heterocycles. The first-order valence-electron chi connectivity index (χ1n) is 7.58. The van der Waals surface area contributed by atoms with E-state index >= 15 is 0 Å². The van der Waals surface area contributed by atoms with Crippen LogP contribution in [-0.4, -0.2) is 32.3 Å². The van der Waals surface area contributed by atoms with E-state index in [0.717, 1.165) is 18.9 Å². The van der Waals surface area contributed by atoms with Gasteiger partial charge in [0.25, 0.3) is 0 Å². The van der Waals surface area contributed by atoms with Crippen LogP contribution in [-0.2, 0) is 4.74 Å². The van der Waals surface area contributed by atoms with E-state index in [1.54, 1.807) is 0 Å². The first-order valence-corrected chi connectivity index (χ1v) is 7.58. The van der Waals surface area contributed by atoms with E-state index in [4.69, 9.17) is 9.84 Å². The normalized spacial score (nSPS) is 32.4. The highest BCUT2D eigenvalue weighted by molar-refractivity contribution is 6.15. The van der Waals surface area contributed by atoms with Crippen molar-refractivity contribution in [3.05, 3.63) is 0 Å². The van der Waals surface area contributed by atoms with E-state index in [0.29, 0.717) is 17.9 Å². The largest absolute Gasteiger partial charge is 0.396 e. The van der Waals surface area contributed by atoms with E-state index in [-0.39, 0.29) is 11.9 Å². The predicted molar refractivity (Wildman–Crippen MR) is 79.7 cm³/mol. The van der Waals surface area contributed by atoms with E-state index in [1.165, 1.54) is 19.3 Å². The Hall–Kier alpha value is -0.0151. The Balaban J connectivity index is 2.50. The van der Waals surface area contributed by atoms with Crippen molar-refractivity contribution in [2.24, 2.45) is 17.8 Å². The van der Waals surface area contributed by atoms with Crippen LogP contribution in [0.5, 0.6) is 0 Å². The van der Waals surface area contributed by atoms with Gasteiger partial charge in [0, 0.05) is 13.2 Å². The minimum absolute atomic E-state index is 0.0942. The molecule has 0 spiro atoms. The molecule has 4 atom stereocenters. The fourth-order valence-corrected chi connectivity index (χ4v) is 3.01. The Morgan fingerprint density at radius 3 is 2.61 bits per heavy atom. The summed E-state index contributed by atoms with van der Waals surface area (Å²) in [6.45, 7) is 10.2. The monoisotopic (exact) mass is 254 g/mol. The zero-order valence-corrected chi connectivity index (χ0v) is 12.9. The lowest BCUT2D eigenvalue weighted by Crippen LogP contribution is -2.36. The highest BCUT2D eigenvalue weighted by atomic mass is 16.5. The van der Waals surface area contributed by atoms with Crippen molar-refractivity contribution in [3.63, 3.8) is 0 Å². The smallest absolute Gasteiger partial charge is 0.112 e. The van der Waals surface area contributed by atoms with Crippen molar-refractivity contribution in [3.8, 4) is 0 Å². The van der Waals surface area contributed by atoms with Gasteiger partial charge >= 0.3 is 0 Å². The molecule has 1 N–H and O–H groups in total. The van der Waals surface area contributed by atoms with Crippen molar-refractivity contribution in [2.45, 2.75) is 64.8 Å². The topological polar surface area (TPSA) is 29.5 Å². The quantitative estimate of drug-likeness (QED) is 0.738. The van der Waals surface area contributed by atoms with Gasteiger partial charge in [-0.2, -0.15) is 0 Å². The molecule has 18 heavy (non-hydrogen) atoms. The van der Waals surface area contributed by atoms with Crippen LogP contribution in [0.4, 0.5) is 0 Å². The first kappa shape index (κ1) is 16.0.